The maximum atomic E-state index is 13.3. The zero-order chi connectivity index (χ0) is 14.8. The summed E-state index contributed by atoms with van der Waals surface area (Å²) in [5.74, 6) is 2.88. The normalized spacial score (nSPS) is 14.0. The van der Waals surface area contributed by atoms with E-state index in [1.807, 2.05) is 31.1 Å². The van der Waals surface area contributed by atoms with Gasteiger partial charge in [-0.1, -0.05) is 12.1 Å². The van der Waals surface area contributed by atoms with Crippen LogP contribution in [0.4, 0.5) is 16.0 Å². The van der Waals surface area contributed by atoms with Crippen LogP contribution in [0.2, 0.25) is 0 Å². The van der Waals surface area contributed by atoms with Crippen LogP contribution >= 0.6 is 0 Å². The molecule has 0 saturated heterocycles. The van der Waals surface area contributed by atoms with Crippen molar-refractivity contribution in [3.63, 3.8) is 0 Å². The zero-order valence-electron chi connectivity index (χ0n) is 12.3. The molecule has 1 N–H and O–H groups in total. The summed E-state index contributed by atoms with van der Waals surface area (Å²) in [5.41, 5.74) is 0.926. The second kappa shape index (κ2) is 5.68. The van der Waals surface area contributed by atoms with Crippen molar-refractivity contribution in [3.8, 4) is 0 Å². The molecule has 0 atom stereocenters. The second-order valence-electron chi connectivity index (χ2n) is 5.48. The first kappa shape index (κ1) is 13.8. The second-order valence-corrected chi connectivity index (χ2v) is 5.48. The highest BCUT2D eigenvalue weighted by Crippen LogP contribution is 2.39. The summed E-state index contributed by atoms with van der Waals surface area (Å²) >= 11 is 0. The number of anilines is 2. The fraction of sp³-hybridized carbons (Fsp3) is 0.375. The molecular formula is C16H19FN4. The fourth-order valence-electron chi connectivity index (χ4n) is 2.29. The predicted molar refractivity (Wildman–Crippen MR) is 82.1 cm³/mol. The molecule has 5 heteroatoms. The van der Waals surface area contributed by atoms with Crippen molar-refractivity contribution in [2.45, 2.75) is 25.3 Å². The van der Waals surface area contributed by atoms with Crippen LogP contribution in [-0.4, -0.2) is 24.1 Å². The van der Waals surface area contributed by atoms with Gasteiger partial charge in [0.2, 0.25) is 0 Å². The number of aromatic nitrogens is 2. The Hall–Kier alpha value is -2.17. The molecule has 1 fully saturated rings. The number of hydrogen-bond acceptors (Lipinski definition) is 4. The highest BCUT2D eigenvalue weighted by atomic mass is 19.1. The third-order valence-corrected chi connectivity index (χ3v) is 3.63. The molecule has 0 bridgehead atoms. The van der Waals surface area contributed by atoms with E-state index in [-0.39, 0.29) is 5.82 Å². The Bertz CT molecular complexity index is 640. The van der Waals surface area contributed by atoms with Crippen molar-refractivity contribution < 1.29 is 4.39 Å². The van der Waals surface area contributed by atoms with Gasteiger partial charge in [-0.3, -0.25) is 0 Å². The number of rotatable bonds is 5. The average molecular weight is 286 g/mol. The average Bonchev–Trinajstić information content (AvgIpc) is 3.31. The molecule has 21 heavy (non-hydrogen) atoms. The van der Waals surface area contributed by atoms with Crippen LogP contribution in [0.1, 0.15) is 30.1 Å². The number of nitrogens with one attached hydrogen (secondary N) is 1. The third-order valence-electron chi connectivity index (χ3n) is 3.63. The number of benzene rings is 1. The van der Waals surface area contributed by atoms with Crippen molar-refractivity contribution in [2.75, 3.05) is 24.3 Å². The molecule has 1 aromatic carbocycles. The van der Waals surface area contributed by atoms with Gasteiger partial charge in [0.25, 0.3) is 0 Å². The predicted octanol–water partition coefficient (Wildman–Crippen LogP) is 3.17. The van der Waals surface area contributed by atoms with E-state index in [1.165, 1.54) is 18.9 Å². The molecule has 110 valence electrons. The van der Waals surface area contributed by atoms with E-state index in [2.05, 4.69) is 15.3 Å². The summed E-state index contributed by atoms with van der Waals surface area (Å²) < 4.78 is 13.3. The monoisotopic (exact) mass is 286 g/mol. The van der Waals surface area contributed by atoms with E-state index in [0.717, 1.165) is 23.0 Å². The van der Waals surface area contributed by atoms with Crippen LogP contribution in [0.5, 0.6) is 0 Å². The molecular weight excluding hydrogens is 267 g/mol. The standard InChI is InChI=1S/C16H19FN4/c1-18-14-9-15(20-16(19-14)12-6-7-12)21(2)10-11-4-3-5-13(17)8-11/h3-5,8-9,12H,6-7,10H2,1-2H3,(H,18,19,20). The Morgan fingerprint density at radius 3 is 2.76 bits per heavy atom. The first-order chi connectivity index (χ1) is 10.2. The van der Waals surface area contributed by atoms with Crippen LogP contribution in [0, 0.1) is 5.82 Å². The van der Waals surface area contributed by atoms with Crippen LogP contribution in [0.25, 0.3) is 0 Å². The van der Waals surface area contributed by atoms with Gasteiger partial charge in [0.05, 0.1) is 0 Å². The Morgan fingerprint density at radius 2 is 2.10 bits per heavy atom. The van der Waals surface area contributed by atoms with E-state index in [0.29, 0.717) is 12.5 Å². The lowest BCUT2D eigenvalue weighted by molar-refractivity contribution is 0.625. The highest BCUT2D eigenvalue weighted by Gasteiger charge is 2.27. The number of halogens is 1. The molecule has 1 heterocycles. The molecule has 0 aliphatic heterocycles. The number of hydrogen-bond donors (Lipinski definition) is 1. The van der Waals surface area contributed by atoms with Crippen LogP contribution in [-0.2, 0) is 6.54 Å². The van der Waals surface area contributed by atoms with E-state index >= 15 is 0 Å². The van der Waals surface area contributed by atoms with Crippen molar-refractivity contribution in [1.82, 2.24) is 9.97 Å². The first-order valence-corrected chi connectivity index (χ1v) is 7.18. The Labute approximate surface area is 124 Å². The molecule has 0 radical (unpaired) electrons. The molecule has 1 saturated carbocycles. The van der Waals surface area contributed by atoms with Crippen LogP contribution < -0.4 is 10.2 Å². The summed E-state index contributed by atoms with van der Waals surface area (Å²) in [6.45, 7) is 0.613. The molecule has 1 aliphatic carbocycles. The minimum atomic E-state index is -0.210. The van der Waals surface area contributed by atoms with Crippen LogP contribution in [0.3, 0.4) is 0 Å². The minimum Gasteiger partial charge on any atom is -0.373 e. The Balaban J connectivity index is 1.83. The molecule has 1 aliphatic rings. The molecule has 2 aromatic rings. The fourth-order valence-corrected chi connectivity index (χ4v) is 2.29. The highest BCUT2D eigenvalue weighted by molar-refractivity contribution is 5.49. The van der Waals surface area contributed by atoms with E-state index in [9.17, 15) is 4.39 Å². The zero-order valence-corrected chi connectivity index (χ0v) is 12.3. The van der Waals surface area contributed by atoms with Gasteiger partial charge in [-0.2, -0.15) is 0 Å². The third kappa shape index (κ3) is 3.29. The van der Waals surface area contributed by atoms with Gasteiger partial charge in [-0.15, -0.1) is 0 Å². The molecule has 0 spiro atoms. The SMILES string of the molecule is CNc1cc(N(C)Cc2cccc(F)c2)nc(C2CC2)n1. The molecule has 0 unspecified atom stereocenters. The lowest BCUT2D eigenvalue weighted by Crippen LogP contribution is -2.19. The summed E-state index contributed by atoms with van der Waals surface area (Å²) in [5, 5.41) is 3.08. The lowest BCUT2D eigenvalue weighted by atomic mass is 10.2. The first-order valence-electron chi connectivity index (χ1n) is 7.18. The Kier molecular flexibility index (Phi) is 3.73. The maximum absolute atomic E-state index is 13.3. The smallest absolute Gasteiger partial charge is 0.136 e. The summed E-state index contributed by atoms with van der Waals surface area (Å²) in [6, 6.07) is 8.58. The lowest BCUT2D eigenvalue weighted by Gasteiger charge is -2.19. The van der Waals surface area contributed by atoms with Gasteiger partial charge in [-0.05, 0) is 30.5 Å². The summed E-state index contributed by atoms with van der Waals surface area (Å²) in [4.78, 5) is 11.2. The van der Waals surface area contributed by atoms with Crippen LogP contribution in [0.15, 0.2) is 30.3 Å². The van der Waals surface area contributed by atoms with Gasteiger partial charge in [0.15, 0.2) is 0 Å². The minimum absolute atomic E-state index is 0.210. The topological polar surface area (TPSA) is 41.0 Å². The van der Waals surface area contributed by atoms with Crippen molar-refractivity contribution in [3.05, 3.63) is 47.5 Å². The Morgan fingerprint density at radius 1 is 1.29 bits per heavy atom. The molecule has 4 nitrogen and oxygen atoms in total. The quantitative estimate of drug-likeness (QED) is 0.916. The van der Waals surface area contributed by atoms with Gasteiger partial charge >= 0.3 is 0 Å². The number of nitrogens with zero attached hydrogens (tertiary/aromatic N) is 3. The maximum Gasteiger partial charge on any atom is 0.136 e. The van der Waals surface area contributed by atoms with E-state index in [4.69, 9.17) is 0 Å². The van der Waals surface area contributed by atoms with Gasteiger partial charge in [0.1, 0.15) is 23.3 Å². The van der Waals surface area contributed by atoms with Crippen molar-refractivity contribution in [1.29, 1.82) is 0 Å². The molecule has 0 amide bonds. The van der Waals surface area contributed by atoms with E-state index in [1.54, 1.807) is 12.1 Å². The molecule has 3 rings (SSSR count). The van der Waals surface area contributed by atoms with Gasteiger partial charge < -0.3 is 10.2 Å². The van der Waals surface area contributed by atoms with Gasteiger partial charge in [-0.25, -0.2) is 14.4 Å². The van der Waals surface area contributed by atoms with Crippen molar-refractivity contribution in [2.24, 2.45) is 0 Å². The molecule has 1 aromatic heterocycles. The van der Waals surface area contributed by atoms with E-state index < -0.39 is 0 Å². The summed E-state index contributed by atoms with van der Waals surface area (Å²) in [6.07, 6.45) is 2.33. The summed E-state index contributed by atoms with van der Waals surface area (Å²) in [7, 11) is 3.82. The van der Waals surface area contributed by atoms with Crippen molar-refractivity contribution >= 4 is 11.6 Å². The van der Waals surface area contributed by atoms with Gasteiger partial charge in [0, 0.05) is 32.6 Å². The largest absolute Gasteiger partial charge is 0.373 e.